The van der Waals surface area contributed by atoms with E-state index in [4.69, 9.17) is 0 Å². The van der Waals surface area contributed by atoms with Gasteiger partial charge >= 0.3 is 0 Å². The number of nitrogens with zero attached hydrogens (tertiary/aromatic N) is 3. The van der Waals surface area contributed by atoms with Crippen molar-refractivity contribution in [3.8, 4) is 0 Å². The number of ketones is 1. The molecule has 0 amide bonds. The number of hydrogen-bond acceptors (Lipinski definition) is 3. The molecule has 1 fully saturated rings. The van der Waals surface area contributed by atoms with Crippen LogP contribution in [-0.4, -0.2) is 40.4 Å². The first-order valence-electron chi connectivity index (χ1n) is 8.12. The Kier molecular flexibility index (Phi) is 4.86. The van der Waals surface area contributed by atoms with Crippen molar-refractivity contribution >= 4 is 5.78 Å². The van der Waals surface area contributed by atoms with Crippen LogP contribution >= 0.6 is 0 Å². The van der Waals surface area contributed by atoms with Gasteiger partial charge in [0.05, 0.1) is 0 Å². The highest BCUT2D eigenvalue weighted by Crippen LogP contribution is 2.20. The highest BCUT2D eigenvalue weighted by Gasteiger charge is 2.27. The van der Waals surface area contributed by atoms with E-state index in [0.717, 1.165) is 37.9 Å². The molecular weight excluding hydrogens is 293 g/mol. The molecular formula is C18H22FN3O. The maximum Gasteiger partial charge on any atom is 0.201 e. The Labute approximate surface area is 135 Å². The largest absolute Gasteiger partial charge is 0.328 e. The minimum absolute atomic E-state index is 0.0816. The summed E-state index contributed by atoms with van der Waals surface area (Å²) in [4.78, 5) is 19.2. The third-order valence-electron chi connectivity index (χ3n) is 4.58. The molecule has 122 valence electrons. The normalized spacial score (nSPS) is 16.6. The number of hydrogen-bond donors (Lipinski definition) is 0. The van der Waals surface area contributed by atoms with Gasteiger partial charge in [-0.1, -0.05) is 12.1 Å². The molecule has 0 saturated carbocycles. The zero-order chi connectivity index (χ0) is 16.2. The van der Waals surface area contributed by atoms with Gasteiger partial charge in [-0.25, -0.2) is 9.37 Å². The van der Waals surface area contributed by atoms with Crippen molar-refractivity contribution < 1.29 is 9.18 Å². The van der Waals surface area contributed by atoms with Gasteiger partial charge in [0.1, 0.15) is 5.82 Å². The molecule has 1 aliphatic heterocycles. The number of benzene rings is 1. The van der Waals surface area contributed by atoms with Gasteiger partial charge in [-0.2, -0.15) is 0 Å². The summed E-state index contributed by atoms with van der Waals surface area (Å²) in [5.74, 6) is 0.566. The molecule has 0 atom stereocenters. The summed E-state index contributed by atoms with van der Waals surface area (Å²) >= 11 is 0. The highest BCUT2D eigenvalue weighted by molar-refractivity contribution is 5.94. The molecule has 0 aliphatic carbocycles. The Morgan fingerprint density at radius 2 is 1.96 bits per heavy atom. The van der Waals surface area contributed by atoms with E-state index in [0.29, 0.717) is 12.4 Å². The average Bonchev–Trinajstić information content (AvgIpc) is 3.03. The molecule has 0 N–H and O–H groups in total. The van der Waals surface area contributed by atoms with E-state index in [-0.39, 0.29) is 17.5 Å². The summed E-state index contributed by atoms with van der Waals surface area (Å²) in [6.07, 6.45) is 6.10. The monoisotopic (exact) mass is 315 g/mol. The second-order valence-corrected chi connectivity index (χ2v) is 6.26. The number of halogens is 1. The fourth-order valence-electron chi connectivity index (χ4n) is 3.07. The molecule has 1 aromatic carbocycles. The number of Topliss-reactive ketones (excluding diaryl/α,β-unsaturated/α-hetero) is 1. The molecule has 1 aromatic heterocycles. The molecule has 3 rings (SSSR count). The van der Waals surface area contributed by atoms with E-state index in [2.05, 4.69) is 16.9 Å². The van der Waals surface area contributed by atoms with Crippen LogP contribution in [0.4, 0.5) is 4.39 Å². The predicted molar refractivity (Wildman–Crippen MR) is 86.9 cm³/mol. The SMILES string of the molecule is CN1CCC(C(=O)c2nccn2CCc2ccc(F)cc2)CC1. The number of aromatic nitrogens is 2. The van der Waals surface area contributed by atoms with Crippen molar-refractivity contribution in [3.63, 3.8) is 0 Å². The first-order chi connectivity index (χ1) is 11.1. The van der Waals surface area contributed by atoms with Gasteiger partial charge in [-0.05, 0) is 57.1 Å². The van der Waals surface area contributed by atoms with Crippen molar-refractivity contribution in [1.82, 2.24) is 14.5 Å². The Balaban J connectivity index is 1.64. The summed E-state index contributed by atoms with van der Waals surface area (Å²) < 4.78 is 14.9. The number of piperidine rings is 1. The summed E-state index contributed by atoms with van der Waals surface area (Å²) in [6.45, 7) is 2.61. The van der Waals surface area contributed by atoms with Crippen molar-refractivity contribution in [2.24, 2.45) is 5.92 Å². The number of carbonyl (C=O) groups is 1. The molecule has 0 unspecified atom stereocenters. The second kappa shape index (κ2) is 7.04. The van der Waals surface area contributed by atoms with E-state index in [1.807, 2.05) is 10.8 Å². The smallest absolute Gasteiger partial charge is 0.201 e. The molecule has 4 nitrogen and oxygen atoms in total. The predicted octanol–water partition coefficient (Wildman–Crippen LogP) is 2.79. The van der Waals surface area contributed by atoms with Crippen molar-refractivity contribution in [3.05, 3.63) is 53.9 Å². The molecule has 5 heteroatoms. The standard InChI is InChI=1S/C18H22FN3O/c1-21-10-7-15(8-11-21)17(23)18-20-9-13-22(18)12-6-14-2-4-16(19)5-3-14/h2-5,9,13,15H,6-8,10-12H2,1H3. The first-order valence-corrected chi connectivity index (χ1v) is 8.12. The van der Waals surface area contributed by atoms with Crippen molar-refractivity contribution in [2.75, 3.05) is 20.1 Å². The Morgan fingerprint density at radius 1 is 1.26 bits per heavy atom. The van der Waals surface area contributed by atoms with Gasteiger partial charge in [-0.3, -0.25) is 4.79 Å². The maximum absolute atomic E-state index is 12.9. The van der Waals surface area contributed by atoms with Crippen LogP contribution in [-0.2, 0) is 13.0 Å². The van der Waals surface area contributed by atoms with Crippen LogP contribution in [0.25, 0.3) is 0 Å². The maximum atomic E-state index is 12.9. The lowest BCUT2D eigenvalue weighted by atomic mass is 9.92. The van der Waals surface area contributed by atoms with E-state index < -0.39 is 0 Å². The first kappa shape index (κ1) is 15.9. The summed E-state index contributed by atoms with van der Waals surface area (Å²) in [6, 6.07) is 6.50. The highest BCUT2D eigenvalue weighted by atomic mass is 19.1. The lowest BCUT2D eigenvalue weighted by Gasteiger charge is -2.27. The number of rotatable bonds is 5. The van der Waals surface area contributed by atoms with E-state index in [9.17, 15) is 9.18 Å². The summed E-state index contributed by atoms with van der Waals surface area (Å²) in [7, 11) is 2.09. The van der Waals surface area contributed by atoms with Crippen molar-refractivity contribution in [1.29, 1.82) is 0 Å². The molecule has 0 bridgehead atoms. The fraction of sp³-hybridized carbons (Fsp3) is 0.444. The lowest BCUT2D eigenvalue weighted by Crippen LogP contribution is -2.34. The number of carbonyl (C=O) groups excluding carboxylic acids is 1. The Morgan fingerprint density at radius 3 is 2.65 bits per heavy atom. The fourth-order valence-corrected chi connectivity index (χ4v) is 3.07. The molecule has 23 heavy (non-hydrogen) atoms. The number of likely N-dealkylation sites (tertiary alicyclic amines) is 1. The van der Waals surface area contributed by atoms with E-state index in [1.165, 1.54) is 12.1 Å². The van der Waals surface area contributed by atoms with Gasteiger partial charge < -0.3 is 9.47 Å². The summed E-state index contributed by atoms with van der Waals surface area (Å²) in [5, 5.41) is 0. The Bertz CT molecular complexity index is 657. The summed E-state index contributed by atoms with van der Waals surface area (Å²) in [5.41, 5.74) is 1.05. The molecule has 0 radical (unpaired) electrons. The quantitative estimate of drug-likeness (QED) is 0.796. The van der Waals surface area contributed by atoms with Crippen LogP contribution in [0.5, 0.6) is 0 Å². The minimum Gasteiger partial charge on any atom is -0.328 e. The third-order valence-corrected chi connectivity index (χ3v) is 4.58. The Hall–Kier alpha value is -2.01. The van der Waals surface area contributed by atoms with Crippen LogP contribution in [0, 0.1) is 11.7 Å². The average molecular weight is 315 g/mol. The molecule has 2 aromatic rings. The van der Waals surface area contributed by atoms with Crippen LogP contribution < -0.4 is 0 Å². The lowest BCUT2D eigenvalue weighted by molar-refractivity contribution is 0.0841. The molecule has 0 spiro atoms. The van der Waals surface area contributed by atoms with E-state index >= 15 is 0 Å². The third kappa shape index (κ3) is 3.85. The topological polar surface area (TPSA) is 38.1 Å². The van der Waals surface area contributed by atoms with Crippen LogP contribution in [0.1, 0.15) is 29.0 Å². The molecule has 1 aliphatic rings. The van der Waals surface area contributed by atoms with Gasteiger partial charge in [0.25, 0.3) is 0 Å². The zero-order valence-electron chi connectivity index (χ0n) is 13.4. The van der Waals surface area contributed by atoms with Crippen LogP contribution in [0.3, 0.4) is 0 Å². The second-order valence-electron chi connectivity index (χ2n) is 6.26. The zero-order valence-corrected chi connectivity index (χ0v) is 13.4. The van der Waals surface area contributed by atoms with Crippen LogP contribution in [0.15, 0.2) is 36.7 Å². The van der Waals surface area contributed by atoms with E-state index in [1.54, 1.807) is 18.3 Å². The number of aryl methyl sites for hydroxylation is 2. The van der Waals surface area contributed by atoms with Crippen molar-refractivity contribution in [2.45, 2.75) is 25.8 Å². The van der Waals surface area contributed by atoms with Crippen LogP contribution in [0.2, 0.25) is 0 Å². The van der Waals surface area contributed by atoms with Gasteiger partial charge in [0, 0.05) is 24.9 Å². The molecule has 2 heterocycles. The minimum atomic E-state index is -0.227. The number of imidazole rings is 1. The molecule has 1 saturated heterocycles. The van der Waals surface area contributed by atoms with Gasteiger partial charge in [0.2, 0.25) is 5.78 Å². The van der Waals surface area contributed by atoms with Gasteiger partial charge in [-0.15, -0.1) is 0 Å². The van der Waals surface area contributed by atoms with Gasteiger partial charge in [0.15, 0.2) is 5.82 Å².